The quantitative estimate of drug-likeness (QED) is 0.607. The van der Waals surface area contributed by atoms with Crippen LogP contribution in [0.25, 0.3) is 0 Å². The molecule has 0 saturated heterocycles. The van der Waals surface area contributed by atoms with Gasteiger partial charge >= 0.3 is 5.97 Å². The van der Waals surface area contributed by atoms with Gasteiger partial charge in [-0.25, -0.2) is 9.78 Å². The van der Waals surface area contributed by atoms with E-state index in [1.54, 1.807) is 5.38 Å². The largest absolute Gasteiger partial charge is 0.458 e. The summed E-state index contributed by atoms with van der Waals surface area (Å²) in [7, 11) is 0. The molecule has 6 heteroatoms. The molecule has 0 spiro atoms. The van der Waals surface area contributed by atoms with Crippen LogP contribution in [0.5, 0.6) is 0 Å². The van der Waals surface area contributed by atoms with E-state index in [-0.39, 0.29) is 12.6 Å². The molecule has 0 saturated carbocycles. The summed E-state index contributed by atoms with van der Waals surface area (Å²) in [6, 6.07) is -0.161. The number of nitrogens with two attached hydrogens (primary N) is 1. The Hall–Kier alpha value is -0.980. The molecule has 0 aliphatic rings. The summed E-state index contributed by atoms with van der Waals surface area (Å²) in [6.45, 7) is 7.29. The third-order valence-corrected chi connectivity index (χ3v) is 3.08. The van der Waals surface area contributed by atoms with Gasteiger partial charge in [-0.15, -0.1) is 11.3 Å². The van der Waals surface area contributed by atoms with Gasteiger partial charge in [0.15, 0.2) is 5.69 Å². The van der Waals surface area contributed by atoms with Crippen molar-refractivity contribution < 1.29 is 14.3 Å². The van der Waals surface area contributed by atoms with Gasteiger partial charge in [-0.1, -0.05) is 13.8 Å². The summed E-state index contributed by atoms with van der Waals surface area (Å²) in [5, 5.41) is 2.40. The van der Waals surface area contributed by atoms with Crippen LogP contribution < -0.4 is 5.73 Å². The molecule has 1 heterocycles. The van der Waals surface area contributed by atoms with Crippen LogP contribution in [0.3, 0.4) is 0 Å². The monoisotopic (exact) mass is 272 g/mol. The van der Waals surface area contributed by atoms with Crippen LogP contribution in [0.1, 0.15) is 42.3 Å². The molecule has 1 atom stereocenters. The Labute approximate surface area is 111 Å². The lowest BCUT2D eigenvalue weighted by Gasteiger charge is -2.06. The first-order valence-corrected chi connectivity index (χ1v) is 6.84. The number of esters is 1. The minimum atomic E-state index is -0.425. The number of thiazole rings is 1. The van der Waals surface area contributed by atoms with Crippen molar-refractivity contribution in [2.75, 3.05) is 19.8 Å². The highest BCUT2D eigenvalue weighted by atomic mass is 32.1. The molecule has 2 N–H and O–H groups in total. The third-order valence-electron chi connectivity index (χ3n) is 2.03. The first-order chi connectivity index (χ1) is 8.50. The number of rotatable bonds is 7. The standard InChI is InChI=1S/C12H20N2O3S/c1-8(2)6-16-4-5-17-12(15)10-7-18-11(14-10)9(3)13/h7-9H,4-6,13H2,1-3H3. The Morgan fingerprint density at radius 1 is 1.44 bits per heavy atom. The summed E-state index contributed by atoms with van der Waals surface area (Å²) in [4.78, 5) is 15.7. The Morgan fingerprint density at radius 3 is 2.72 bits per heavy atom. The minimum absolute atomic E-state index is 0.161. The number of nitrogens with zero attached hydrogens (tertiary/aromatic N) is 1. The van der Waals surface area contributed by atoms with Crippen molar-refractivity contribution in [1.82, 2.24) is 4.98 Å². The van der Waals surface area contributed by atoms with Crippen molar-refractivity contribution in [3.8, 4) is 0 Å². The smallest absolute Gasteiger partial charge is 0.357 e. The van der Waals surface area contributed by atoms with Crippen molar-refractivity contribution in [2.45, 2.75) is 26.8 Å². The number of carbonyl (C=O) groups excluding carboxylic acids is 1. The van der Waals surface area contributed by atoms with E-state index in [4.69, 9.17) is 15.2 Å². The Balaban J connectivity index is 2.27. The molecule has 1 aromatic rings. The molecule has 0 aromatic carbocycles. The Kier molecular flexibility index (Phi) is 6.24. The van der Waals surface area contributed by atoms with Crippen LogP contribution in [0.2, 0.25) is 0 Å². The molecule has 0 bridgehead atoms. The van der Waals surface area contributed by atoms with Crippen molar-refractivity contribution >= 4 is 17.3 Å². The van der Waals surface area contributed by atoms with Crippen LogP contribution in [-0.4, -0.2) is 30.8 Å². The van der Waals surface area contributed by atoms with Gasteiger partial charge < -0.3 is 15.2 Å². The van der Waals surface area contributed by atoms with Gasteiger partial charge in [0.2, 0.25) is 0 Å². The average molecular weight is 272 g/mol. The summed E-state index contributed by atoms with van der Waals surface area (Å²) in [5.74, 6) is 0.0548. The predicted octanol–water partition coefficient (Wildman–Crippen LogP) is 1.99. The summed E-state index contributed by atoms with van der Waals surface area (Å²) < 4.78 is 10.4. The van der Waals surface area contributed by atoms with Gasteiger partial charge in [0.25, 0.3) is 0 Å². The maximum atomic E-state index is 11.6. The van der Waals surface area contributed by atoms with E-state index >= 15 is 0 Å². The number of ether oxygens (including phenoxy) is 2. The van der Waals surface area contributed by atoms with Gasteiger partial charge in [-0.05, 0) is 12.8 Å². The second-order valence-corrected chi connectivity index (χ2v) is 5.35. The van der Waals surface area contributed by atoms with Gasteiger partial charge in [-0.2, -0.15) is 0 Å². The van der Waals surface area contributed by atoms with E-state index in [1.165, 1.54) is 11.3 Å². The third kappa shape index (κ3) is 5.12. The highest BCUT2D eigenvalue weighted by Crippen LogP contribution is 2.16. The normalized spacial score (nSPS) is 12.7. The number of hydrogen-bond acceptors (Lipinski definition) is 6. The second kappa shape index (κ2) is 7.45. The fourth-order valence-corrected chi connectivity index (χ4v) is 1.92. The lowest BCUT2D eigenvalue weighted by molar-refractivity contribution is 0.0273. The van der Waals surface area contributed by atoms with E-state index in [9.17, 15) is 4.79 Å². The van der Waals surface area contributed by atoms with Crippen molar-refractivity contribution in [2.24, 2.45) is 11.7 Å². The minimum Gasteiger partial charge on any atom is -0.458 e. The van der Waals surface area contributed by atoms with Gasteiger partial charge in [0.1, 0.15) is 11.6 Å². The molecule has 1 unspecified atom stereocenters. The molecular formula is C12H20N2O3S. The molecule has 0 aliphatic heterocycles. The van der Waals surface area contributed by atoms with E-state index in [0.29, 0.717) is 24.8 Å². The zero-order chi connectivity index (χ0) is 13.5. The summed E-state index contributed by atoms with van der Waals surface area (Å²) >= 11 is 1.37. The van der Waals surface area contributed by atoms with E-state index in [2.05, 4.69) is 18.8 Å². The second-order valence-electron chi connectivity index (χ2n) is 4.46. The fraction of sp³-hybridized carbons (Fsp3) is 0.667. The predicted molar refractivity (Wildman–Crippen MR) is 70.7 cm³/mol. The van der Waals surface area contributed by atoms with Gasteiger partial charge in [0.05, 0.1) is 12.6 Å². The van der Waals surface area contributed by atoms with E-state index in [0.717, 1.165) is 5.01 Å². The van der Waals surface area contributed by atoms with Crippen molar-refractivity contribution in [3.05, 3.63) is 16.1 Å². The number of hydrogen-bond donors (Lipinski definition) is 1. The molecule has 0 aliphatic carbocycles. The first kappa shape index (κ1) is 15.1. The highest BCUT2D eigenvalue weighted by molar-refractivity contribution is 7.09. The van der Waals surface area contributed by atoms with Crippen LogP contribution in [-0.2, 0) is 9.47 Å². The van der Waals surface area contributed by atoms with Crippen LogP contribution in [0, 0.1) is 5.92 Å². The van der Waals surface area contributed by atoms with Gasteiger partial charge in [0, 0.05) is 12.0 Å². The highest BCUT2D eigenvalue weighted by Gasteiger charge is 2.13. The molecule has 0 radical (unpaired) electrons. The zero-order valence-electron chi connectivity index (χ0n) is 11.0. The van der Waals surface area contributed by atoms with E-state index < -0.39 is 5.97 Å². The van der Waals surface area contributed by atoms with Crippen molar-refractivity contribution in [1.29, 1.82) is 0 Å². The molecule has 0 fully saturated rings. The lowest BCUT2D eigenvalue weighted by atomic mass is 10.2. The lowest BCUT2D eigenvalue weighted by Crippen LogP contribution is -2.13. The van der Waals surface area contributed by atoms with Crippen LogP contribution in [0.4, 0.5) is 0 Å². The topological polar surface area (TPSA) is 74.4 Å². The molecule has 18 heavy (non-hydrogen) atoms. The molecule has 1 rings (SSSR count). The Morgan fingerprint density at radius 2 is 2.17 bits per heavy atom. The zero-order valence-corrected chi connectivity index (χ0v) is 11.8. The average Bonchev–Trinajstić information content (AvgIpc) is 2.77. The number of carbonyl (C=O) groups is 1. The number of aromatic nitrogens is 1. The fourth-order valence-electron chi connectivity index (χ4n) is 1.18. The summed E-state index contributed by atoms with van der Waals surface area (Å²) in [6.07, 6.45) is 0. The SMILES string of the molecule is CC(C)COCCOC(=O)c1csc(C(C)N)n1. The molecular weight excluding hydrogens is 252 g/mol. The molecule has 102 valence electrons. The molecule has 0 amide bonds. The molecule has 1 aromatic heterocycles. The maximum absolute atomic E-state index is 11.6. The van der Waals surface area contributed by atoms with Crippen LogP contribution in [0.15, 0.2) is 5.38 Å². The van der Waals surface area contributed by atoms with Gasteiger partial charge in [-0.3, -0.25) is 0 Å². The molecule has 5 nitrogen and oxygen atoms in total. The van der Waals surface area contributed by atoms with Crippen LogP contribution >= 0.6 is 11.3 Å². The van der Waals surface area contributed by atoms with Crippen molar-refractivity contribution in [3.63, 3.8) is 0 Å². The van der Waals surface area contributed by atoms with E-state index in [1.807, 2.05) is 6.92 Å². The summed E-state index contributed by atoms with van der Waals surface area (Å²) in [5.41, 5.74) is 5.99. The Bertz CT molecular complexity index is 377. The maximum Gasteiger partial charge on any atom is 0.357 e. The first-order valence-electron chi connectivity index (χ1n) is 5.96.